The van der Waals surface area contributed by atoms with E-state index in [0.29, 0.717) is 0 Å². The number of halogens is 1. The Morgan fingerprint density at radius 2 is 2.00 bits per heavy atom. The van der Waals surface area contributed by atoms with Gasteiger partial charge < -0.3 is 4.74 Å². The molecule has 4 heteroatoms. The normalized spacial score (nSPS) is 10.4. The standard InChI is InChI=1S/C13H13BrN2O/c1-8-4-9(2)12(11(5-8)17-3)10-6-15-7-16-13(10)14/h4-7H,1-3H3. The molecule has 0 N–H and O–H groups in total. The van der Waals surface area contributed by atoms with Crippen LogP contribution in [-0.4, -0.2) is 17.1 Å². The van der Waals surface area contributed by atoms with Gasteiger partial charge in [-0.25, -0.2) is 9.97 Å². The molecule has 0 radical (unpaired) electrons. The zero-order valence-electron chi connectivity index (χ0n) is 9.99. The molecule has 0 saturated carbocycles. The highest BCUT2D eigenvalue weighted by molar-refractivity contribution is 9.10. The summed E-state index contributed by atoms with van der Waals surface area (Å²) < 4.78 is 6.22. The van der Waals surface area contributed by atoms with Crippen molar-refractivity contribution >= 4 is 15.9 Å². The van der Waals surface area contributed by atoms with Crippen LogP contribution in [0.1, 0.15) is 11.1 Å². The van der Waals surface area contributed by atoms with Crippen LogP contribution in [-0.2, 0) is 0 Å². The van der Waals surface area contributed by atoms with E-state index in [1.807, 2.05) is 6.07 Å². The molecule has 0 amide bonds. The second-order valence-corrected chi connectivity index (χ2v) is 4.64. The summed E-state index contributed by atoms with van der Waals surface area (Å²) in [5.74, 6) is 0.845. The maximum Gasteiger partial charge on any atom is 0.127 e. The predicted octanol–water partition coefficient (Wildman–Crippen LogP) is 3.53. The largest absolute Gasteiger partial charge is 0.496 e. The highest BCUT2D eigenvalue weighted by Crippen LogP contribution is 2.36. The lowest BCUT2D eigenvalue weighted by atomic mass is 9.99. The number of benzene rings is 1. The van der Waals surface area contributed by atoms with E-state index in [0.717, 1.165) is 27.0 Å². The van der Waals surface area contributed by atoms with Crippen LogP contribution in [0.2, 0.25) is 0 Å². The molecule has 1 aromatic carbocycles. The number of ether oxygens (including phenoxy) is 1. The number of rotatable bonds is 2. The van der Waals surface area contributed by atoms with Gasteiger partial charge in [-0.3, -0.25) is 0 Å². The average molecular weight is 293 g/mol. The predicted molar refractivity (Wildman–Crippen MR) is 71.2 cm³/mol. The minimum absolute atomic E-state index is 0.776. The quantitative estimate of drug-likeness (QED) is 0.794. The first-order valence-electron chi connectivity index (χ1n) is 5.24. The molecule has 0 aliphatic carbocycles. The fraction of sp³-hybridized carbons (Fsp3) is 0.231. The molecular formula is C13H13BrN2O. The molecule has 2 aromatic rings. The lowest BCUT2D eigenvalue weighted by molar-refractivity contribution is 0.416. The number of hydrogen-bond donors (Lipinski definition) is 0. The van der Waals surface area contributed by atoms with Crippen LogP contribution in [0, 0.1) is 13.8 Å². The van der Waals surface area contributed by atoms with Crippen molar-refractivity contribution in [2.45, 2.75) is 13.8 Å². The third-order valence-electron chi connectivity index (χ3n) is 2.60. The van der Waals surface area contributed by atoms with Crippen molar-refractivity contribution in [3.05, 3.63) is 40.4 Å². The molecule has 0 atom stereocenters. The van der Waals surface area contributed by atoms with E-state index in [4.69, 9.17) is 4.74 Å². The van der Waals surface area contributed by atoms with Crippen molar-refractivity contribution in [2.75, 3.05) is 7.11 Å². The van der Waals surface area contributed by atoms with Gasteiger partial charge in [-0.2, -0.15) is 0 Å². The topological polar surface area (TPSA) is 35.0 Å². The van der Waals surface area contributed by atoms with Crippen LogP contribution < -0.4 is 4.74 Å². The molecule has 3 nitrogen and oxygen atoms in total. The smallest absolute Gasteiger partial charge is 0.127 e. The molecule has 0 aliphatic rings. The molecule has 0 aliphatic heterocycles. The number of hydrogen-bond acceptors (Lipinski definition) is 3. The Labute approximate surface area is 109 Å². The third kappa shape index (κ3) is 2.31. The molecule has 0 unspecified atom stereocenters. The van der Waals surface area contributed by atoms with Gasteiger partial charge in [0, 0.05) is 17.3 Å². The van der Waals surface area contributed by atoms with Gasteiger partial charge in [0.15, 0.2) is 0 Å². The molecular weight excluding hydrogens is 280 g/mol. The Morgan fingerprint density at radius 3 is 2.65 bits per heavy atom. The van der Waals surface area contributed by atoms with Crippen molar-refractivity contribution in [3.8, 4) is 16.9 Å². The van der Waals surface area contributed by atoms with E-state index in [2.05, 4.69) is 45.8 Å². The van der Waals surface area contributed by atoms with E-state index >= 15 is 0 Å². The van der Waals surface area contributed by atoms with Gasteiger partial charge in [0.1, 0.15) is 16.7 Å². The Kier molecular flexibility index (Phi) is 3.43. The molecule has 0 saturated heterocycles. The van der Waals surface area contributed by atoms with Gasteiger partial charge in [0.05, 0.1) is 7.11 Å². The van der Waals surface area contributed by atoms with Crippen LogP contribution in [0.3, 0.4) is 0 Å². The van der Waals surface area contributed by atoms with Gasteiger partial charge in [-0.1, -0.05) is 6.07 Å². The fourth-order valence-electron chi connectivity index (χ4n) is 1.92. The van der Waals surface area contributed by atoms with Gasteiger partial charge in [0.25, 0.3) is 0 Å². The van der Waals surface area contributed by atoms with E-state index in [9.17, 15) is 0 Å². The second kappa shape index (κ2) is 4.84. The monoisotopic (exact) mass is 292 g/mol. The van der Waals surface area contributed by atoms with E-state index < -0.39 is 0 Å². The van der Waals surface area contributed by atoms with Crippen molar-refractivity contribution in [1.29, 1.82) is 0 Å². The highest BCUT2D eigenvalue weighted by atomic mass is 79.9. The molecule has 2 rings (SSSR count). The Hall–Kier alpha value is -1.42. The molecule has 17 heavy (non-hydrogen) atoms. The maximum absolute atomic E-state index is 5.44. The van der Waals surface area contributed by atoms with E-state index in [1.165, 1.54) is 11.9 Å². The molecule has 0 fully saturated rings. The summed E-state index contributed by atoms with van der Waals surface area (Å²) in [7, 11) is 1.68. The summed E-state index contributed by atoms with van der Waals surface area (Å²) in [6, 6.07) is 4.14. The average Bonchev–Trinajstić information content (AvgIpc) is 2.29. The first-order chi connectivity index (χ1) is 8.13. The summed E-state index contributed by atoms with van der Waals surface area (Å²) in [6.07, 6.45) is 3.31. The van der Waals surface area contributed by atoms with Crippen molar-refractivity contribution in [1.82, 2.24) is 9.97 Å². The van der Waals surface area contributed by atoms with Crippen LogP contribution in [0.4, 0.5) is 0 Å². The van der Waals surface area contributed by atoms with Crippen molar-refractivity contribution < 1.29 is 4.74 Å². The van der Waals surface area contributed by atoms with E-state index in [1.54, 1.807) is 13.3 Å². The highest BCUT2D eigenvalue weighted by Gasteiger charge is 2.13. The van der Waals surface area contributed by atoms with Crippen molar-refractivity contribution in [3.63, 3.8) is 0 Å². The molecule has 88 valence electrons. The fourth-order valence-corrected chi connectivity index (χ4v) is 2.31. The van der Waals surface area contributed by atoms with Crippen LogP contribution >= 0.6 is 15.9 Å². The molecule has 1 heterocycles. The van der Waals surface area contributed by atoms with Gasteiger partial charge in [-0.15, -0.1) is 0 Å². The zero-order chi connectivity index (χ0) is 12.4. The van der Waals surface area contributed by atoms with Gasteiger partial charge >= 0.3 is 0 Å². The number of aromatic nitrogens is 2. The summed E-state index contributed by atoms with van der Waals surface area (Å²) in [6.45, 7) is 4.11. The Balaban J connectivity index is 2.71. The maximum atomic E-state index is 5.44. The SMILES string of the molecule is COc1cc(C)cc(C)c1-c1cncnc1Br. The Bertz CT molecular complexity index is 555. The number of nitrogens with zero attached hydrogens (tertiary/aromatic N) is 2. The zero-order valence-corrected chi connectivity index (χ0v) is 11.6. The van der Waals surface area contributed by atoms with Crippen LogP contribution in [0.15, 0.2) is 29.3 Å². The minimum Gasteiger partial charge on any atom is -0.496 e. The molecule has 0 spiro atoms. The third-order valence-corrected chi connectivity index (χ3v) is 3.23. The Morgan fingerprint density at radius 1 is 1.24 bits per heavy atom. The number of methoxy groups -OCH3 is 1. The van der Waals surface area contributed by atoms with Crippen LogP contribution in [0.5, 0.6) is 5.75 Å². The second-order valence-electron chi connectivity index (χ2n) is 3.89. The summed E-state index contributed by atoms with van der Waals surface area (Å²) in [4.78, 5) is 8.21. The van der Waals surface area contributed by atoms with Crippen LogP contribution in [0.25, 0.3) is 11.1 Å². The summed E-state index contributed by atoms with van der Waals surface area (Å²) >= 11 is 3.44. The van der Waals surface area contributed by atoms with Crippen molar-refractivity contribution in [2.24, 2.45) is 0 Å². The summed E-state index contributed by atoms with van der Waals surface area (Å²) in [5, 5.41) is 0. The summed E-state index contributed by atoms with van der Waals surface area (Å²) in [5.41, 5.74) is 4.31. The van der Waals surface area contributed by atoms with Gasteiger partial charge in [0.2, 0.25) is 0 Å². The van der Waals surface area contributed by atoms with Gasteiger partial charge in [-0.05, 0) is 47.0 Å². The minimum atomic E-state index is 0.776. The molecule has 0 bridgehead atoms. The first-order valence-corrected chi connectivity index (χ1v) is 6.04. The van der Waals surface area contributed by atoms with E-state index in [-0.39, 0.29) is 0 Å². The number of aryl methyl sites for hydroxylation is 2. The lowest BCUT2D eigenvalue weighted by Crippen LogP contribution is -1.95. The lowest BCUT2D eigenvalue weighted by Gasteiger charge is -2.13. The first kappa shape index (κ1) is 12.0. The molecule has 1 aromatic heterocycles.